The van der Waals surface area contributed by atoms with E-state index in [2.05, 4.69) is 10.5 Å². The molecule has 26 heavy (non-hydrogen) atoms. The number of carbonyl (C=O) groups is 1. The number of hydrogen-bond acceptors (Lipinski definition) is 2. The van der Waals surface area contributed by atoms with Crippen molar-refractivity contribution in [1.82, 2.24) is 5.43 Å². The van der Waals surface area contributed by atoms with E-state index < -0.39 is 5.92 Å². The maximum absolute atomic E-state index is 12.8. The Hall–Kier alpha value is -2.62. The second-order valence-electron chi connectivity index (χ2n) is 5.63. The first-order chi connectivity index (χ1) is 12.7. The third kappa shape index (κ3) is 4.31. The molecule has 0 unspecified atom stereocenters. The summed E-state index contributed by atoms with van der Waals surface area (Å²) in [7, 11) is 0. The Labute approximate surface area is 162 Å². The van der Waals surface area contributed by atoms with Gasteiger partial charge in [0.1, 0.15) is 0 Å². The van der Waals surface area contributed by atoms with Crippen molar-refractivity contribution in [3.05, 3.63) is 106 Å². The molecule has 0 saturated heterocycles. The molecule has 5 heteroatoms. The molecule has 0 aliphatic heterocycles. The lowest BCUT2D eigenvalue weighted by Gasteiger charge is -2.16. The molecule has 0 bridgehead atoms. The molecule has 3 nitrogen and oxygen atoms in total. The first-order valence-electron chi connectivity index (χ1n) is 8.03. The van der Waals surface area contributed by atoms with Crippen LogP contribution >= 0.6 is 23.2 Å². The van der Waals surface area contributed by atoms with Crippen LogP contribution in [0.2, 0.25) is 10.0 Å². The van der Waals surface area contributed by atoms with Gasteiger partial charge in [-0.2, -0.15) is 5.10 Å². The number of amides is 1. The Kier molecular flexibility index (Phi) is 6.05. The molecule has 1 N–H and O–H groups in total. The van der Waals surface area contributed by atoms with Gasteiger partial charge < -0.3 is 0 Å². The van der Waals surface area contributed by atoms with E-state index in [1.165, 1.54) is 6.21 Å². The summed E-state index contributed by atoms with van der Waals surface area (Å²) >= 11 is 12.1. The zero-order valence-electron chi connectivity index (χ0n) is 13.8. The molecular weight excluding hydrogens is 367 g/mol. The van der Waals surface area contributed by atoms with Gasteiger partial charge in [0.25, 0.3) is 5.91 Å². The van der Waals surface area contributed by atoms with Crippen LogP contribution in [0, 0.1) is 0 Å². The van der Waals surface area contributed by atoms with E-state index in [4.69, 9.17) is 23.2 Å². The molecule has 0 atom stereocenters. The predicted octanol–water partition coefficient (Wildman–Crippen LogP) is 5.28. The van der Waals surface area contributed by atoms with Gasteiger partial charge in [0, 0.05) is 5.56 Å². The summed E-state index contributed by atoms with van der Waals surface area (Å²) < 4.78 is 0. The first-order valence-corrected chi connectivity index (χ1v) is 8.79. The van der Waals surface area contributed by atoms with Gasteiger partial charge in [-0.25, -0.2) is 5.43 Å². The molecule has 130 valence electrons. The summed E-state index contributed by atoms with van der Waals surface area (Å²) in [6.45, 7) is 0. The number of hydrazone groups is 1. The lowest BCUT2D eigenvalue weighted by Crippen LogP contribution is -2.26. The molecule has 1 amide bonds. The van der Waals surface area contributed by atoms with Crippen LogP contribution in [-0.4, -0.2) is 12.1 Å². The van der Waals surface area contributed by atoms with Gasteiger partial charge in [-0.1, -0.05) is 96.0 Å². The number of carbonyl (C=O) groups excluding carboxylic acids is 1. The zero-order valence-corrected chi connectivity index (χ0v) is 15.3. The minimum absolute atomic E-state index is 0.225. The van der Waals surface area contributed by atoms with Crippen LogP contribution in [0.5, 0.6) is 0 Å². The highest BCUT2D eigenvalue weighted by molar-refractivity contribution is 6.43. The highest BCUT2D eigenvalue weighted by Gasteiger charge is 2.22. The summed E-state index contributed by atoms with van der Waals surface area (Å²) in [4.78, 5) is 12.8. The summed E-state index contributed by atoms with van der Waals surface area (Å²) in [5, 5.41) is 4.88. The van der Waals surface area contributed by atoms with Crippen LogP contribution in [-0.2, 0) is 4.79 Å². The van der Waals surface area contributed by atoms with Crippen molar-refractivity contribution < 1.29 is 4.79 Å². The fourth-order valence-electron chi connectivity index (χ4n) is 2.64. The fourth-order valence-corrected chi connectivity index (χ4v) is 2.99. The van der Waals surface area contributed by atoms with Crippen molar-refractivity contribution in [2.45, 2.75) is 5.92 Å². The maximum atomic E-state index is 12.8. The number of benzene rings is 3. The normalized spacial score (nSPS) is 11.0. The summed E-state index contributed by atoms with van der Waals surface area (Å²) in [6.07, 6.45) is 1.49. The van der Waals surface area contributed by atoms with Crippen molar-refractivity contribution in [3.63, 3.8) is 0 Å². The summed E-state index contributed by atoms with van der Waals surface area (Å²) in [6, 6.07) is 24.4. The van der Waals surface area contributed by atoms with E-state index >= 15 is 0 Å². The van der Waals surface area contributed by atoms with Crippen LogP contribution in [0.3, 0.4) is 0 Å². The quantitative estimate of drug-likeness (QED) is 0.473. The molecule has 0 fully saturated rings. The largest absolute Gasteiger partial charge is 0.272 e. The third-order valence-corrected chi connectivity index (χ3v) is 4.72. The van der Waals surface area contributed by atoms with Gasteiger partial charge in [0.2, 0.25) is 0 Å². The Morgan fingerprint density at radius 1 is 0.846 bits per heavy atom. The fraction of sp³-hybridized carbons (Fsp3) is 0.0476. The van der Waals surface area contributed by atoms with Gasteiger partial charge in [-0.15, -0.1) is 0 Å². The molecule has 0 spiro atoms. The zero-order chi connectivity index (χ0) is 18.4. The molecule has 0 heterocycles. The van der Waals surface area contributed by atoms with Crippen LogP contribution in [0.25, 0.3) is 0 Å². The Morgan fingerprint density at radius 2 is 1.42 bits per heavy atom. The van der Waals surface area contributed by atoms with E-state index in [-0.39, 0.29) is 5.91 Å². The number of halogens is 2. The van der Waals surface area contributed by atoms with Gasteiger partial charge in [-0.3, -0.25) is 4.79 Å². The maximum Gasteiger partial charge on any atom is 0.252 e. The molecule has 3 aromatic rings. The topological polar surface area (TPSA) is 41.5 Å². The average Bonchev–Trinajstić information content (AvgIpc) is 2.67. The molecule has 0 aromatic heterocycles. The number of rotatable bonds is 5. The highest BCUT2D eigenvalue weighted by Crippen LogP contribution is 2.25. The van der Waals surface area contributed by atoms with Crippen molar-refractivity contribution in [2.24, 2.45) is 5.10 Å². The van der Waals surface area contributed by atoms with Crippen molar-refractivity contribution >= 4 is 35.3 Å². The predicted molar refractivity (Wildman–Crippen MR) is 107 cm³/mol. The van der Waals surface area contributed by atoms with Crippen LogP contribution in [0.1, 0.15) is 22.6 Å². The van der Waals surface area contributed by atoms with Crippen molar-refractivity contribution in [2.75, 3.05) is 0 Å². The van der Waals surface area contributed by atoms with Crippen LogP contribution < -0.4 is 5.43 Å². The molecule has 0 aliphatic carbocycles. The second kappa shape index (κ2) is 8.65. The minimum atomic E-state index is -0.454. The second-order valence-corrected chi connectivity index (χ2v) is 6.42. The third-order valence-electron chi connectivity index (χ3n) is 3.89. The SMILES string of the molecule is O=C(NN=Cc1cccc(Cl)c1Cl)C(c1ccccc1)c1ccccc1. The standard InChI is InChI=1S/C21H16Cl2N2O/c22-18-13-7-12-17(20(18)23)14-24-25-21(26)19(15-8-3-1-4-9-15)16-10-5-2-6-11-16/h1-14,19H,(H,25,26). The van der Waals surface area contributed by atoms with E-state index in [1.807, 2.05) is 60.7 Å². The van der Waals surface area contributed by atoms with Crippen LogP contribution in [0.4, 0.5) is 0 Å². The molecule has 3 aromatic carbocycles. The van der Waals surface area contributed by atoms with Crippen LogP contribution in [0.15, 0.2) is 84.0 Å². The van der Waals surface area contributed by atoms with E-state index in [1.54, 1.807) is 18.2 Å². The number of nitrogens with zero attached hydrogens (tertiary/aromatic N) is 1. The van der Waals surface area contributed by atoms with Crippen molar-refractivity contribution in [3.8, 4) is 0 Å². The molecule has 0 radical (unpaired) electrons. The van der Waals surface area contributed by atoms with E-state index in [0.29, 0.717) is 15.6 Å². The number of hydrogen-bond donors (Lipinski definition) is 1. The summed E-state index contributed by atoms with van der Waals surface area (Å²) in [5.74, 6) is -0.679. The van der Waals surface area contributed by atoms with Gasteiger partial charge >= 0.3 is 0 Å². The highest BCUT2D eigenvalue weighted by atomic mass is 35.5. The molecule has 0 saturated carbocycles. The molecular formula is C21H16Cl2N2O. The smallest absolute Gasteiger partial charge is 0.252 e. The lowest BCUT2D eigenvalue weighted by atomic mass is 9.91. The molecule has 3 rings (SSSR count). The average molecular weight is 383 g/mol. The lowest BCUT2D eigenvalue weighted by molar-refractivity contribution is -0.121. The Bertz CT molecular complexity index is 872. The first kappa shape index (κ1) is 18.2. The van der Waals surface area contributed by atoms with E-state index in [0.717, 1.165) is 11.1 Å². The monoisotopic (exact) mass is 382 g/mol. The summed E-state index contributed by atoms with van der Waals surface area (Å²) in [5.41, 5.74) is 5.03. The Morgan fingerprint density at radius 3 is 2.00 bits per heavy atom. The van der Waals surface area contributed by atoms with Crippen molar-refractivity contribution in [1.29, 1.82) is 0 Å². The molecule has 0 aliphatic rings. The van der Waals surface area contributed by atoms with Gasteiger partial charge in [0.15, 0.2) is 0 Å². The minimum Gasteiger partial charge on any atom is -0.272 e. The number of nitrogens with one attached hydrogen (secondary N) is 1. The van der Waals surface area contributed by atoms with Gasteiger partial charge in [0.05, 0.1) is 22.2 Å². The van der Waals surface area contributed by atoms with Gasteiger partial charge in [-0.05, 0) is 17.2 Å². The van der Waals surface area contributed by atoms with E-state index in [9.17, 15) is 4.79 Å². The Balaban J connectivity index is 1.82.